The summed E-state index contributed by atoms with van der Waals surface area (Å²) in [6.45, 7) is 0.746. The number of carbonyl (C=O) groups excluding carboxylic acids is 1. The van der Waals surface area contributed by atoms with Gasteiger partial charge in [-0.25, -0.2) is 4.79 Å². The number of rotatable bonds is 5. The van der Waals surface area contributed by atoms with Crippen LogP contribution in [0.3, 0.4) is 0 Å². The van der Waals surface area contributed by atoms with E-state index in [-0.39, 0.29) is 11.5 Å². The Morgan fingerprint density at radius 3 is 2.41 bits per heavy atom. The second kappa shape index (κ2) is 6.87. The van der Waals surface area contributed by atoms with Crippen LogP contribution in [0.4, 0.5) is 5.69 Å². The van der Waals surface area contributed by atoms with Gasteiger partial charge in [0.05, 0.1) is 5.56 Å². The van der Waals surface area contributed by atoms with Crippen molar-refractivity contribution in [3.63, 3.8) is 0 Å². The fourth-order valence-corrected chi connectivity index (χ4v) is 2.11. The van der Waals surface area contributed by atoms with Crippen molar-refractivity contribution >= 4 is 17.6 Å². The highest BCUT2D eigenvalue weighted by atomic mass is 16.4. The Kier molecular flexibility index (Phi) is 4.91. The quantitative estimate of drug-likeness (QED) is 0.890. The first-order chi connectivity index (χ1) is 10.5. The molecule has 0 unspecified atom stereocenters. The molecule has 2 N–H and O–H groups in total. The van der Waals surface area contributed by atoms with Crippen LogP contribution in [0, 0.1) is 0 Å². The van der Waals surface area contributed by atoms with E-state index in [0.717, 1.165) is 12.1 Å². The zero-order chi connectivity index (χ0) is 16.1. The molecule has 2 rings (SSSR count). The zero-order valence-electron chi connectivity index (χ0n) is 12.5. The fraction of sp³-hybridized carbons (Fsp3) is 0.176. The molecule has 0 heterocycles. The van der Waals surface area contributed by atoms with Gasteiger partial charge >= 0.3 is 5.97 Å². The molecular formula is C17H18N2O3. The minimum absolute atomic E-state index is 0.138. The van der Waals surface area contributed by atoms with Gasteiger partial charge in [0.25, 0.3) is 5.91 Å². The highest BCUT2D eigenvalue weighted by Crippen LogP contribution is 2.13. The maximum absolute atomic E-state index is 12.3. The number of aromatic carboxylic acids is 1. The van der Waals surface area contributed by atoms with Crippen molar-refractivity contribution in [2.24, 2.45) is 0 Å². The van der Waals surface area contributed by atoms with Gasteiger partial charge in [0.2, 0.25) is 0 Å². The third-order valence-corrected chi connectivity index (χ3v) is 3.06. The Bertz CT molecular complexity index is 696. The molecule has 0 saturated carbocycles. The fourth-order valence-electron chi connectivity index (χ4n) is 2.11. The number of anilines is 1. The van der Waals surface area contributed by atoms with E-state index < -0.39 is 5.97 Å². The maximum Gasteiger partial charge on any atom is 0.335 e. The number of nitrogens with zero attached hydrogens (tertiary/aromatic N) is 1. The number of carbonyl (C=O) groups is 2. The van der Waals surface area contributed by atoms with Crippen LogP contribution in [0.25, 0.3) is 0 Å². The molecule has 0 bridgehead atoms. The van der Waals surface area contributed by atoms with Crippen LogP contribution < -0.4 is 5.32 Å². The molecule has 5 nitrogen and oxygen atoms in total. The molecule has 2 aromatic carbocycles. The summed E-state index contributed by atoms with van der Waals surface area (Å²) in [6, 6.07) is 13.5. The first-order valence-electron chi connectivity index (χ1n) is 6.84. The smallest absolute Gasteiger partial charge is 0.335 e. The molecular weight excluding hydrogens is 280 g/mol. The van der Waals surface area contributed by atoms with Gasteiger partial charge in [0.15, 0.2) is 0 Å². The Balaban J connectivity index is 2.15. The summed E-state index contributed by atoms with van der Waals surface area (Å²) in [5, 5.41) is 11.7. The predicted octanol–water partition coefficient (Wildman–Crippen LogP) is 2.70. The number of carboxylic acid groups (broad SMARTS) is 1. The second-order valence-corrected chi connectivity index (χ2v) is 5.28. The number of nitrogens with one attached hydrogen (secondary N) is 1. The van der Waals surface area contributed by atoms with Gasteiger partial charge in [-0.05, 0) is 50.0 Å². The molecule has 0 saturated heterocycles. The standard InChI is InChI=1S/C17H18N2O3/c1-19(2)11-12-5-3-6-13(9-12)16(20)18-15-8-4-7-14(10-15)17(21)22/h3-10H,11H2,1-2H3,(H,18,20)(H,21,22). The molecule has 0 radical (unpaired) electrons. The minimum Gasteiger partial charge on any atom is -0.478 e. The molecule has 114 valence electrons. The molecule has 1 amide bonds. The van der Waals surface area contributed by atoms with Crippen molar-refractivity contribution in [3.8, 4) is 0 Å². The number of hydrogen-bond acceptors (Lipinski definition) is 3. The summed E-state index contributed by atoms with van der Waals surface area (Å²) in [5.74, 6) is -1.28. The lowest BCUT2D eigenvalue weighted by atomic mass is 10.1. The summed E-state index contributed by atoms with van der Waals surface area (Å²) in [7, 11) is 3.92. The summed E-state index contributed by atoms with van der Waals surface area (Å²) in [6.07, 6.45) is 0. The van der Waals surface area contributed by atoms with Crippen LogP contribution in [0.1, 0.15) is 26.3 Å². The predicted molar refractivity (Wildman–Crippen MR) is 85.2 cm³/mol. The lowest BCUT2D eigenvalue weighted by Crippen LogP contribution is -2.14. The van der Waals surface area contributed by atoms with Crippen molar-refractivity contribution in [1.82, 2.24) is 4.90 Å². The van der Waals surface area contributed by atoms with Gasteiger partial charge in [-0.15, -0.1) is 0 Å². The Morgan fingerprint density at radius 1 is 1.05 bits per heavy atom. The van der Waals surface area contributed by atoms with Gasteiger partial charge in [0, 0.05) is 17.8 Å². The Morgan fingerprint density at radius 2 is 1.73 bits per heavy atom. The van der Waals surface area contributed by atoms with Crippen LogP contribution in [0.15, 0.2) is 48.5 Å². The second-order valence-electron chi connectivity index (χ2n) is 5.28. The first-order valence-corrected chi connectivity index (χ1v) is 6.84. The van der Waals surface area contributed by atoms with Gasteiger partial charge in [-0.2, -0.15) is 0 Å². The SMILES string of the molecule is CN(C)Cc1cccc(C(=O)Nc2cccc(C(=O)O)c2)c1. The molecule has 2 aromatic rings. The maximum atomic E-state index is 12.3. The molecule has 22 heavy (non-hydrogen) atoms. The van der Waals surface area contributed by atoms with Crippen molar-refractivity contribution in [2.75, 3.05) is 19.4 Å². The summed E-state index contributed by atoms with van der Waals surface area (Å²) in [4.78, 5) is 25.2. The number of hydrogen-bond donors (Lipinski definition) is 2. The first kappa shape index (κ1) is 15.7. The molecule has 0 aliphatic carbocycles. The minimum atomic E-state index is -1.02. The summed E-state index contributed by atoms with van der Waals surface area (Å²) >= 11 is 0. The van der Waals surface area contributed by atoms with Crippen molar-refractivity contribution in [2.45, 2.75) is 6.54 Å². The van der Waals surface area contributed by atoms with Crippen molar-refractivity contribution in [3.05, 3.63) is 65.2 Å². The molecule has 0 aliphatic heterocycles. The molecule has 5 heteroatoms. The lowest BCUT2D eigenvalue weighted by molar-refractivity contribution is 0.0696. The average molecular weight is 298 g/mol. The molecule has 0 spiro atoms. The zero-order valence-corrected chi connectivity index (χ0v) is 12.5. The highest BCUT2D eigenvalue weighted by molar-refractivity contribution is 6.04. The third-order valence-electron chi connectivity index (χ3n) is 3.06. The van der Waals surface area contributed by atoms with Crippen molar-refractivity contribution in [1.29, 1.82) is 0 Å². The van der Waals surface area contributed by atoms with Crippen molar-refractivity contribution < 1.29 is 14.7 Å². The highest BCUT2D eigenvalue weighted by Gasteiger charge is 2.09. The van der Waals surface area contributed by atoms with E-state index >= 15 is 0 Å². The van der Waals surface area contributed by atoms with Crippen LogP contribution in [0.2, 0.25) is 0 Å². The number of carboxylic acids is 1. The van der Waals surface area contributed by atoms with Crippen LogP contribution >= 0.6 is 0 Å². The van der Waals surface area contributed by atoms with Crippen LogP contribution in [-0.2, 0) is 6.54 Å². The summed E-state index contributed by atoms with van der Waals surface area (Å²) in [5.41, 5.74) is 2.18. The van der Waals surface area contributed by atoms with Gasteiger partial charge in [0.1, 0.15) is 0 Å². The largest absolute Gasteiger partial charge is 0.478 e. The third kappa shape index (κ3) is 4.17. The van der Waals surface area contributed by atoms with E-state index in [2.05, 4.69) is 5.32 Å². The molecule has 0 aromatic heterocycles. The van der Waals surface area contributed by atoms with Gasteiger partial charge in [-0.1, -0.05) is 18.2 Å². The average Bonchev–Trinajstić information content (AvgIpc) is 2.47. The molecule has 0 fully saturated rings. The molecule has 0 aliphatic rings. The monoisotopic (exact) mass is 298 g/mol. The van der Waals surface area contributed by atoms with Gasteiger partial charge in [-0.3, -0.25) is 4.79 Å². The van der Waals surface area contributed by atoms with E-state index in [9.17, 15) is 9.59 Å². The van der Waals surface area contributed by atoms with Crippen LogP contribution in [0.5, 0.6) is 0 Å². The van der Waals surface area contributed by atoms with E-state index in [1.54, 1.807) is 18.2 Å². The Labute approximate surface area is 129 Å². The van der Waals surface area contributed by atoms with E-state index in [4.69, 9.17) is 5.11 Å². The molecule has 0 atom stereocenters. The Hall–Kier alpha value is -2.66. The number of benzene rings is 2. The van der Waals surface area contributed by atoms with Gasteiger partial charge < -0.3 is 15.3 Å². The van der Waals surface area contributed by atoms with E-state index in [1.807, 2.05) is 37.2 Å². The summed E-state index contributed by atoms with van der Waals surface area (Å²) < 4.78 is 0. The van der Waals surface area contributed by atoms with E-state index in [0.29, 0.717) is 11.3 Å². The topological polar surface area (TPSA) is 69.6 Å². The normalized spacial score (nSPS) is 10.5. The lowest BCUT2D eigenvalue weighted by Gasteiger charge is -2.11. The number of amides is 1. The van der Waals surface area contributed by atoms with E-state index in [1.165, 1.54) is 12.1 Å². The van der Waals surface area contributed by atoms with Crippen LogP contribution in [-0.4, -0.2) is 36.0 Å².